The fourth-order valence-corrected chi connectivity index (χ4v) is 5.92. The Balaban J connectivity index is 1.42. The van der Waals surface area contributed by atoms with Crippen molar-refractivity contribution < 1.29 is 8.42 Å². The molecule has 2 aromatic carbocycles. The van der Waals surface area contributed by atoms with Crippen LogP contribution in [0.2, 0.25) is 10.0 Å². The molecule has 0 unspecified atom stereocenters. The third kappa shape index (κ3) is 3.89. The number of halogens is 2. The number of piperidine rings is 1. The summed E-state index contributed by atoms with van der Waals surface area (Å²) in [7, 11) is -3.53. The van der Waals surface area contributed by atoms with Gasteiger partial charge in [-0.25, -0.2) is 8.42 Å². The Hall–Kier alpha value is -1.11. The van der Waals surface area contributed by atoms with E-state index in [0.29, 0.717) is 24.2 Å². The Morgan fingerprint density at radius 3 is 2.30 bits per heavy atom. The van der Waals surface area contributed by atoms with E-state index in [1.54, 1.807) is 4.31 Å². The molecule has 1 saturated heterocycles. The van der Waals surface area contributed by atoms with Crippen molar-refractivity contribution in [2.45, 2.75) is 36.7 Å². The lowest BCUT2D eigenvalue weighted by molar-refractivity contribution is 0.126. The lowest BCUT2D eigenvalue weighted by Crippen LogP contribution is -2.48. The highest BCUT2D eigenvalue weighted by atomic mass is 35.5. The first-order valence-electron chi connectivity index (χ1n) is 9.21. The second-order valence-corrected chi connectivity index (χ2v) is 9.95. The van der Waals surface area contributed by atoms with Gasteiger partial charge >= 0.3 is 0 Å². The predicted octanol–water partition coefficient (Wildman–Crippen LogP) is 4.20. The van der Waals surface area contributed by atoms with Gasteiger partial charge in [-0.05, 0) is 48.6 Å². The molecule has 1 fully saturated rings. The summed E-state index contributed by atoms with van der Waals surface area (Å²) in [6, 6.07) is 13.5. The quantitative estimate of drug-likeness (QED) is 0.740. The van der Waals surface area contributed by atoms with Crippen LogP contribution in [0.4, 0.5) is 0 Å². The number of benzene rings is 2. The Morgan fingerprint density at radius 2 is 1.59 bits per heavy atom. The van der Waals surface area contributed by atoms with Crippen LogP contribution in [0, 0.1) is 0 Å². The molecular weight excluding hydrogens is 403 g/mol. The summed E-state index contributed by atoms with van der Waals surface area (Å²) in [5.74, 6) is 0. The zero-order valence-electron chi connectivity index (χ0n) is 14.9. The van der Waals surface area contributed by atoms with Gasteiger partial charge in [0.05, 0.1) is 14.9 Å². The van der Waals surface area contributed by atoms with Gasteiger partial charge in [0.1, 0.15) is 0 Å². The van der Waals surface area contributed by atoms with E-state index in [-0.39, 0.29) is 9.92 Å². The molecular formula is C20H22Cl2N2O2S. The fourth-order valence-electron chi connectivity index (χ4n) is 4.06. The lowest BCUT2D eigenvalue weighted by Gasteiger charge is -2.40. The summed E-state index contributed by atoms with van der Waals surface area (Å²) in [4.78, 5) is 2.72. The first kappa shape index (κ1) is 19.2. The topological polar surface area (TPSA) is 40.6 Å². The summed E-state index contributed by atoms with van der Waals surface area (Å²) < 4.78 is 27.4. The molecule has 27 heavy (non-hydrogen) atoms. The van der Waals surface area contributed by atoms with Gasteiger partial charge in [0, 0.05) is 32.2 Å². The minimum atomic E-state index is -3.53. The molecule has 2 heterocycles. The molecule has 0 bridgehead atoms. The highest BCUT2D eigenvalue weighted by Gasteiger charge is 2.32. The van der Waals surface area contributed by atoms with Crippen molar-refractivity contribution in [1.82, 2.24) is 9.21 Å². The van der Waals surface area contributed by atoms with E-state index in [1.807, 2.05) is 0 Å². The summed E-state index contributed by atoms with van der Waals surface area (Å²) in [6.45, 7) is 3.07. The summed E-state index contributed by atoms with van der Waals surface area (Å²) in [5.41, 5.74) is 2.84. The van der Waals surface area contributed by atoms with Gasteiger partial charge in [0.25, 0.3) is 0 Å². The zero-order chi connectivity index (χ0) is 19.0. The standard InChI is InChI=1S/C20H22Cl2N2O2S/c21-19-6-5-18(13-20(19)22)27(25,26)24-11-8-17(9-12-24)23-10-7-15-3-1-2-4-16(15)14-23/h1-6,13,17H,7-12,14H2. The maximum atomic E-state index is 12.9. The maximum absolute atomic E-state index is 12.9. The first-order valence-corrected chi connectivity index (χ1v) is 11.4. The fraction of sp³-hybridized carbons (Fsp3) is 0.400. The van der Waals surface area contributed by atoms with Crippen molar-refractivity contribution in [3.8, 4) is 0 Å². The molecule has 0 spiro atoms. The van der Waals surface area contributed by atoms with Crippen LogP contribution >= 0.6 is 23.2 Å². The van der Waals surface area contributed by atoms with Gasteiger partial charge < -0.3 is 0 Å². The molecule has 0 amide bonds. The van der Waals surface area contributed by atoms with Crippen molar-refractivity contribution in [3.05, 3.63) is 63.6 Å². The van der Waals surface area contributed by atoms with Gasteiger partial charge in [-0.2, -0.15) is 4.31 Å². The Labute approximate surface area is 170 Å². The van der Waals surface area contributed by atoms with Crippen LogP contribution in [-0.4, -0.2) is 43.3 Å². The summed E-state index contributed by atoms with van der Waals surface area (Å²) >= 11 is 11.9. The molecule has 7 heteroatoms. The van der Waals surface area contributed by atoms with Gasteiger partial charge in [-0.1, -0.05) is 47.5 Å². The van der Waals surface area contributed by atoms with Gasteiger partial charge in [0.2, 0.25) is 10.0 Å². The van der Waals surface area contributed by atoms with Crippen molar-refractivity contribution in [2.24, 2.45) is 0 Å². The number of rotatable bonds is 3. The molecule has 2 aliphatic heterocycles. The molecule has 0 saturated carbocycles. The smallest absolute Gasteiger partial charge is 0.243 e. The van der Waals surface area contributed by atoms with E-state index < -0.39 is 10.0 Å². The third-order valence-electron chi connectivity index (χ3n) is 5.63. The van der Waals surface area contributed by atoms with Crippen LogP contribution in [-0.2, 0) is 23.0 Å². The largest absolute Gasteiger partial charge is 0.296 e. The van der Waals surface area contributed by atoms with Crippen LogP contribution in [0.1, 0.15) is 24.0 Å². The summed E-state index contributed by atoms with van der Waals surface area (Å²) in [5, 5.41) is 0.624. The summed E-state index contributed by atoms with van der Waals surface area (Å²) in [6.07, 6.45) is 2.77. The molecule has 4 nitrogen and oxygen atoms in total. The minimum Gasteiger partial charge on any atom is -0.296 e. The lowest BCUT2D eigenvalue weighted by atomic mass is 9.96. The van der Waals surface area contributed by atoms with E-state index in [4.69, 9.17) is 23.2 Å². The Morgan fingerprint density at radius 1 is 0.889 bits per heavy atom. The molecule has 0 atom stereocenters. The van der Waals surface area contributed by atoms with E-state index in [0.717, 1.165) is 32.4 Å². The van der Waals surface area contributed by atoms with Crippen molar-refractivity contribution >= 4 is 33.2 Å². The number of hydrogen-bond acceptors (Lipinski definition) is 3. The second-order valence-electron chi connectivity index (χ2n) is 7.20. The molecule has 0 aromatic heterocycles. The van der Waals surface area contributed by atoms with Gasteiger partial charge in [-0.15, -0.1) is 0 Å². The Bertz CT molecular complexity index is 941. The van der Waals surface area contributed by atoms with Crippen molar-refractivity contribution in [2.75, 3.05) is 19.6 Å². The van der Waals surface area contributed by atoms with Crippen molar-refractivity contribution in [1.29, 1.82) is 0 Å². The Kier molecular flexibility index (Phi) is 5.50. The normalized spacial score (nSPS) is 19.8. The van der Waals surface area contributed by atoms with Gasteiger partial charge in [-0.3, -0.25) is 4.90 Å². The predicted molar refractivity (Wildman–Crippen MR) is 109 cm³/mol. The SMILES string of the molecule is O=S(=O)(c1ccc(Cl)c(Cl)c1)N1CCC(N2CCc3ccccc3C2)CC1. The highest BCUT2D eigenvalue weighted by molar-refractivity contribution is 7.89. The molecule has 4 rings (SSSR count). The highest BCUT2D eigenvalue weighted by Crippen LogP contribution is 2.30. The molecule has 2 aliphatic rings. The molecule has 2 aromatic rings. The number of fused-ring (bicyclic) bond motifs is 1. The van der Waals surface area contributed by atoms with Crippen LogP contribution < -0.4 is 0 Å². The van der Waals surface area contributed by atoms with E-state index in [9.17, 15) is 8.42 Å². The van der Waals surface area contributed by atoms with Crippen LogP contribution in [0.15, 0.2) is 47.4 Å². The first-order chi connectivity index (χ1) is 12.9. The molecule has 144 valence electrons. The second kappa shape index (κ2) is 7.72. The monoisotopic (exact) mass is 424 g/mol. The average Bonchev–Trinajstić information content (AvgIpc) is 2.69. The number of hydrogen-bond donors (Lipinski definition) is 0. The third-order valence-corrected chi connectivity index (χ3v) is 8.26. The molecule has 0 N–H and O–H groups in total. The van der Waals surface area contributed by atoms with E-state index >= 15 is 0 Å². The average molecular weight is 425 g/mol. The van der Waals surface area contributed by atoms with Crippen LogP contribution in [0.3, 0.4) is 0 Å². The zero-order valence-corrected chi connectivity index (χ0v) is 17.3. The number of sulfonamides is 1. The van der Waals surface area contributed by atoms with Gasteiger partial charge in [0.15, 0.2) is 0 Å². The maximum Gasteiger partial charge on any atom is 0.243 e. The van der Waals surface area contributed by atoms with E-state index in [2.05, 4.69) is 29.2 Å². The minimum absolute atomic E-state index is 0.210. The molecule has 0 radical (unpaired) electrons. The van der Waals surface area contributed by atoms with Crippen molar-refractivity contribution in [3.63, 3.8) is 0 Å². The van der Waals surface area contributed by atoms with E-state index in [1.165, 1.54) is 29.3 Å². The van der Waals surface area contributed by atoms with Crippen LogP contribution in [0.5, 0.6) is 0 Å². The number of nitrogens with zero attached hydrogens (tertiary/aromatic N) is 2. The van der Waals surface area contributed by atoms with Crippen LogP contribution in [0.25, 0.3) is 0 Å². The molecule has 0 aliphatic carbocycles.